The Bertz CT molecular complexity index is 929. The number of rotatable bonds is 6. The number of halogens is 1. The molecule has 0 amide bonds. The number of ether oxygens (including phenoxy) is 1. The normalized spacial score (nSPS) is 25.3. The number of aliphatic hydroxyl groups excluding tert-OH is 3. The third-order valence-corrected chi connectivity index (χ3v) is 4.89. The Morgan fingerprint density at radius 2 is 2.00 bits per heavy atom. The number of hydrogen-bond donors (Lipinski definition) is 5. The molecular weight excluding hydrogens is 430 g/mol. The number of anilines is 1. The smallest absolute Gasteiger partial charge is 0.303 e. The molecular formula is C14H18BrN5O7. The van der Waals surface area contributed by atoms with Gasteiger partial charge in [-0.3, -0.25) is 18.7 Å². The lowest BCUT2D eigenvalue weighted by Gasteiger charge is -2.18. The first-order valence-corrected chi connectivity index (χ1v) is 8.83. The average Bonchev–Trinajstić information content (AvgIpc) is 3.07. The molecule has 2 aromatic rings. The van der Waals surface area contributed by atoms with Crippen LogP contribution in [-0.2, 0) is 16.1 Å². The minimum Gasteiger partial charge on any atom is -0.481 e. The van der Waals surface area contributed by atoms with Gasteiger partial charge in [-0.2, -0.15) is 4.98 Å². The number of nitrogen functional groups attached to an aromatic ring is 1. The van der Waals surface area contributed by atoms with Crippen molar-refractivity contribution in [2.24, 2.45) is 0 Å². The summed E-state index contributed by atoms with van der Waals surface area (Å²) in [6.07, 6.45) is -4.84. The summed E-state index contributed by atoms with van der Waals surface area (Å²) in [5.41, 5.74) is 5.23. The molecule has 27 heavy (non-hydrogen) atoms. The van der Waals surface area contributed by atoms with Gasteiger partial charge >= 0.3 is 5.97 Å². The predicted molar refractivity (Wildman–Crippen MR) is 93.8 cm³/mol. The zero-order chi connectivity index (χ0) is 19.9. The second kappa shape index (κ2) is 7.52. The summed E-state index contributed by atoms with van der Waals surface area (Å²) >= 11 is 3.17. The van der Waals surface area contributed by atoms with Crippen molar-refractivity contribution < 1.29 is 30.0 Å². The Hall–Kier alpha value is -2.06. The van der Waals surface area contributed by atoms with Crippen LogP contribution < -0.4 is 11.3 Å². The molecule has 0 aliphatic carbocycles. The Morgan fingerprint density at radius 1 is 1.30 bits per heavy atom. The number of imidazole rings is 1. The van der Waals surface area contributed by atoms with E-state index in [0.717, 1.165) is 4.57 Å². The summed E-state index contributed by atoms with van der Waals surface area (Å²) in [7, 11) is 0. The molecule has 0 spiro atoms. The Balaban J connectivity index is 2.03. The molecule has 1 fully saturated rings. The largest absolute Gasteiger partial charge is 0.481 e. The molecule has 1 aliphatic rings. The Morgan fingerprint density at radius 3 is 2.59 bits per heavy atom. The predicted octanol–water partition coefficient (Wildman–Crippen LogP) is -1.59. The van der Waals surface area contributed by atoms with E-state index in [1.165, 1.54) is 4.57 Å². The van der Waals surface area contributed by atoms with E-state index in [1.807, 2.05) is 0 Å². The number of hydrogen-bond acceptors (Lipinski definition) is 9. The molecule has 3 rings (SSSR count). The van der Waals surface area contributed by atoms with Gasteiger partial charge in [-0.1, -0.05) is 0 Å². The van der Waals surface area contributed by atoms with Crippen molar-refractivity contribution in [2.45, 2.75) is 43.9 Å². The highest BCUT2D eigenvalue weighted by atomic mass is 79.9. The van der Waals surface area contributed by atoms with E-state index in [1.54, 1.807) is 0 Å². The minimum atomic E-state index is -1.39. The van der Waals surface area contributed by atoms with Gasteiger partial charge in [0, 0.05) is 13.0 Å². The first-order chi connectivity index (χ1) is 12.8. The van der Waals surface area contributed by atoms with Crippen molar-refractivity contribution in [1.82, 2.24) is 19.1 Å². The maximum Gasteiger partial charge on any atom is 0.303 e. The molecule has 0 unspecified atom stereocenters. The molecule has 3 heterocycles. The van der Waals surface area contributed by atoms with Crippen LogP contribution in [0.15, 0.2) is 9.53 Å². The van der Waals surface area contributed by atoms with Gasteiger partial charge in [-0.25, -0.2) is 4.98 Å². The van der Waals surface area contributed by atoms with Crippen molar-refractivity contribution in [2.75, 3.05) is 12.3 Å². The van der Waals surface area contributed by atoms with E-state index in [0.29, 0.717) is 0 Å². The molecule has 0 radical (unpaired) electrons. The van der Waals surface area contributed by atoms with Crippen LogP contribution in [0.5, 0.6) is 0 Å². The topological polar surface area (TPSA) is 186 Å². The zero-order valence-corrected chi connectivity index (χ0v) is 15.5. The van der Waals surface area contributed by atoms with Crippen LogP contribution in [0.1, 0.15) is 19.1 Å². The lowest BCUT2D eigenvalue weighted by molar-refractivity contribution is -0.137. The molecule has 1 aliphatic heterocycles. The van der Waals surface area contributed by atoms with Gasteiger partial charge < -0.3 is 30.9 Å². The van der Waals surface area contributed by atoms with Crippen LogP contribution in [0.3, 0.4) is 0 Å². The molecule has 4 atom stereocenters. The molecule has 2 aromatic heterocycles. The summed E-state index contributed by atoms with van der Waals surface area (Å²) in [5, 5.41) is 38.1. The highest BCUT2D eigenvalue weighted by molar-refractivity contribution is 9.10. The average molecular weight is 448 g/mol. The van der Waals surface area contributed by atoms with Crippen molar-refractivity contribution >= 4 is 39.0 Å². The van der Waals surface area contributed by atoms with Crippen molar-refractivity contribution in [1.29, 1.82) is 0 Å². The lowest BCUT2D eigenvalue weighted by Crippen LogP contribution is -2.33. The molecule has 0 bridgehead atoms. The minimum absolute atomic E-state index is 0.0219. The van der Waals surface area contributed by atoms with Crippen LogP contribution in [0.2, 0.25) is 0 Å². The number of aliphatic carboxylic acids is 1. The molecule has 148 valence electrons. The van der Waals surface area contributed by atoms with E-state index < -0.39 is 42.7 Å². The number of fused-ring (bicyclic) bond motifs is 1. The van der Waals surface area contributed by atoms with E-state index in [4.69, 9.17) is 15.6 Å². The fourth-order valence-corrected chi connectivity index (χ4v) is 3.52. The van der Waals surface area contributed by atoms with Crippen LogP contribution in [0.4, 0.5) is 5.95 Å². The Kier molecular flexibility index (Phi) is 5.48. The van der Waals surface area contributed by atoms with Crippen LogP contribution in [0, 0.1) is 0 Å². The monoisotopic (exact) mass is 447 g/mol. The van der Waals surface area contributed by atoms with E-state index in [2.05, 4.69) is 25.9 Å². The molecule has 13 heteroatoms. The van der Waals surface area contributed by atoms with Crippen LogP contribution in [-0.4, -0.2) is 70.4 Å². The van der Waals surface area contributed by atoms with Gasteiger partial charge in [0.15, 0.2) is 22.1 Å². The van der Waals surface area contributed by atoms with E-state index in [-0.39, 0.29) is 41.2 Å². The van der Waals surface area contributed by atoms with Gasteiger partial charge in [0.25, 0.3) is 5.56 Å². The number of nitrogens with zero attached hydrogens (tertiary/aromatic N) is 4. The second-order valence-electron chi connectivity index (χ2n) is 6.08. The number of nitrogens with two attached hydrogens (primary N) is 1. The SMILES string of the molecule is Nc1nc2c(nc(Br)n2[C@@H]2O[C@H](CO)[C@@H](O)[C@H]2O)c(=O)n1CCCC(=O)O. The first-order valence-electron chi connectivity index (χ1n) is 8.04. The van der Waals surface area contributed by atoms with Gasteiger partial charge in [-0.05, 0) is 22.4 Å². The first kappa shape index (κ1) is 19.7. The zero-order valence-electron chi connectivity index (χ0n) is 13.9. The number of carbonyl (C=O) groups is 1. The molecule has 0 saturated carbocycles. The molecule has 1 saturated heterocycles. The summed E-state index contributed by atoms with van der Waals surface area (Å²) in [4.78, 5) is 31.5. The van der Waals surface area contributed by atoms with Crippen molar-refractivity contribution in [3.63, 3.8) is 0 Å². The van der Waals surface area contributed by atoms with Crippen molar-refractivity contribution in [3.8, 4) is 0 Å². The third kappa shape index (κ3) is 3.43. The second-order valence-corrected chi connectivity index (χ2v) is 6.79. The van der Waals surface area contributed by atoms with Gasteiger partial charge in [0.2, 0.25) is 5.95 Å². The quantitative estimate of drug-likeness (QED) is 0.323. The number of carboxylic acids is 1. The summed E-state index contributed by atoms with van der Waals surface area (Å²) in [5.74, 6) is -1.15. The maximum absolute atomic E-state index is 12.7. The fraction of sp³-hybridized carbons (Fsp3) is 0.571. The molecule has 0 aromatic carbocycles. The van der Waals surface area contributed by atoms with Crippen LogP contribution in [0.25, 0.3) is 11.2 Å². The highest BCUT2D eigenvalue weighted by Gasteiger charge is 2.45. The Labute approximate surface area is 160 Å². The lowest BCUT2D eigenvalue weighted by atomic mass is 10.1. The molecule has 12 nitrogen and oxygen atoms in total. The van der Waals surface area contributed by atoms with Gasteiger partial charge in [-0.15, -0.1) is 0 Å². The maximum atomic E-state index is 12.7. The van der Waals surface area contributed by atoms with Crippen LogP contribution >= 0.6 is 15.9 Å². The standard InChI is InChI=1S/C14H18BrN5O7/c15-13-17-7-10(20(13)12-9(25)8(24)5(4-21)27-12)18-14(16)19(11(7)26)3-1-2-6(22)23/h5,8-9,12,21,24-25H,1-4H2,(H2,16,18)(H,22,23)/t5-,8-,9-,12-/m1/s1. The highest BCUT2D eigenvalue weighted by Crippen LogP contribution is 2.33. The number of aliphatic hydroxyl groups is 3. The fourth-order valence-electron chi connectivity index (χ4n) is 2.97. The van der Waals surface area contributed by atoms with Gasteiger partial charge in [0.05, 0.1) is 6.61 Å². The van der Waals surface area contributed by atoms with Gasteiger partial charge in [0.1, 0.15) is 18.3 Å². The summed E-state index contributed by atoms with van der Waals surface area (Å²) in [6, 6.07) is 0. The number of carboxylic acid groups (broad SMARTS) is 1. The van der Waals surface area contributed by atoms with Crippen molar-refractivity contribution in [3.05, 3.63) is 15.1 Å². The summed E-state index contributed by atoms with van der Waals surface area (Å²) < 4.78 is 7.95. The summed E-state index contributed by atoms with van der Waals surface area (Å²) in [6.45, 7) is -0.455. The van der Waals surface area contributed by atoms with E-state index >= 15 is 0 Å². The third-order valence-electron chi connectivity index (χ3n) is 4.33. The number of aromatic nitrogens is 4. The molecule has 6 N–H and O–H groups in total. The van der Waals surface area contributed by atoms with E-state index in [9.17, 15) is 24.9 Å².